The molecule has 0 bridgehead atoms. The van der Waals surface area contributed by atoms with Crippen LogP contribution in [0.3, 0.4) is 0 Å². The Hall–Kier alpha value is -2.15. The summed E-state index contributed by atoms with van der Waals surface area (Å²) in [6.07, 6.45) is 5.23. The number of hydrogen-bond acceptors (Lipinski definition) is 4. The molecule has 2 atom stereocenters. The van der Waals surface area contributed by atoms with Crippen molar-refractivity contribution in [1.82, 2.24) is 9.80 Å². The zero-order valence-electron chi connectivity index (χ0n) is 14.4. The molecule has 3 aliphatic rings. The molecule has 136 valence electrons. The van der Waals surface area contributed by atoms with Crippen LogP contribution in [0.1, 0.15) is 23.2 Å². The fourth-order valence-corrected chi connectivity index (χ4v) is 4.35. The van der Waals surface area contributed by atoms with Gasteiger partial charge in [0.25, 0.3) is 5.91 Å². The summed E-state index contributed by atoms with van der Waals surface area (Å²) < 4.78 is 5.87. The van der Waals surface area contributed by atoms with Gasteiger partial charge in [0, 0.05) is 17.6 Å². The SMILES string of the molecule is COc1ccc(Br)c(C(=O)N2CC(N3C(=O)[C@@H]4CC=CC[C@H]4C3=O)C2)c1. The van der Waals surface area contributed by atoms with Gasteiger partial charge in [-0.2, -0.15) is 0 Å². The lowest BCUT2D eigenvalue weighted by atomic mass is 9.85. The first-order valence-corrected chi connectivity index (χ1v) is 9.45. The molecule has 0 unspecified atom stereocenters. The summed E-state index contributed by atoms with van der Waals surface area (Å²) in [7, 11) is 1.55. The number of likely N-dealkylation sites (tertiary alicyclic amines) is 2. The van der Waals surface area contributed by atoms with Gasteiger partial charge in [0.1, 0.15) is 5.75 Å². The number of rotatable bonds is 3. The van der Waals surface area contributed by atoms with E-state index in [0.717, 1.165) is 0 Å². The highest BCUT2D eigenvalue weighted by molar-refractivity contribution is 9.10. The second-order valence-electron chi connectivity index (χ2n) is 6.91. The van der Waals surface area contributed by atoms with Gasteiger partial charge in [0.05, 0.1) is 30.6 Å². The molecular formula is C19H19BrN2O4. The fourth-order valence-electron chi connectivity index (χ4n) is 3.94. The van der Waals surface area contributed by atoms with Gasteiger partial charge in [-0.3, -0.25) is 19.3 Å². The van der Waals surface area contributed by atoms with Gasteiger partial charge in [-0.1, -0.05) is 12.2 Å². The van der Waals surface area contributed by atoms with Crippen LogP contribution in [0, 0.1) is 11.8 Å². The van der Waals surface area contributed by atoms with Crippen LogP contribution in [0.5, 0.6) is 5.75 Å². The summed E-state index contributed by atoms with van der Waals surface area (Å²) in [4.78, 5) is 41.0. The van der Waals surface area contributed by atoms with E-state index in [0.29, 0.717) is 41.7 Å². The second kappa shape index (κ2) is 6.54. The molecule has 1 aromatic carbocycles. The third-order valence-electron chi connectivity index (χ3n) is 5.46. The quantitative estimate of drug-likeness (QED) is 0.557. The average Bonchev–Trinajstić information content (AvgIpc) is 2.86. The van der Waals surface area contributed by atoms with Crippen molar-refractivity contribution in [3.8, 4) is 5.75 Å². The summed E-state index contributed by atoms with van der Waals surface area (Å²) in [6.45, 7) is 0.764. The lowest BCUT2D eigenvalue weighted by molar-refractivity contribution is -0.145. The maximum Gasteiger partial charge on any atom is 0.255 e. The summed E-state index contributed by atoms with van der Waals surface area (Å²) in [6, 6.07) is 5.02. The van der Waals surface area contributed by atoms with Crippen molar-refractivity contribution in [2.24, 2.45) is 11.8 Å². The van der Waals surface area contributed by atoms with Crippen molar-refractivity contribution in [2.75, 3.05) is 20.2 Å². The van der Waals surface area contributed by atoms with Crippen LogP contribution in [0.2, 0.25) is 0 Å². The van der Waals surface area contributed by atoms with Gasteiger partial charge < -0.3 is 9.64 Å². The molecule has 4 rings (SSSR count). The number of methoxy groups -OCH3 is 1. The Morgan fingerprint density at radius 3 is 2.31 bits per heavy atom. The Kier molecular flexibility index (Phi) is 4.34. The van der Waals surface area contributed by atoms with Crippen LogP contribution in [0.15, 0.2) is 34.8 Å². The highest BCUT2D eigenvalue weighted by Crippen LogP contribution is 2.38. The topological polar surface area (TPSA) is 66.9 Å². The molecule has 2 heterocycles. The smallest absolute Gasteiger partial charge is 0.255 e. The molecule has 0 N–H and O–H groups in total. The minimum atomic E-state index is -0.218. The zero-order valence-corrected chi connectivity index (χ0v) is 15.9. The number of hydrogen-bond donors (Lipinski definition) is 0. The molecular weight excluding hydrogens is 400 g/mol. The van der Waals surface area contributed by atoms with Crippen LogP contribution in [0.4, 0.5) is 0 Å². The number of imide groups is 1. The average molecular weight is 419 g/mol. The summed E-state index contributed by atoms with van der Waals surface area (Å²) in [5.74, 6) is -0.122. The molecule has 0 saturated carbocycles. The summed E-state index contributed by atoms with van der Waals surface area (Å²) >= 11 is 3.40. The van der Waals surface area contributed by atoms with Crippen molar-refractivity contribution in [3.05, 3.63) is 40.4 Å². The standard InChI is InChI=1S/C19H19BrN2O4/c1-26-12-6-7-16(20)15(8-12)17(23)21-9-11(10-21)22-18(24)13-4-2-3-5-14(13)19(22)25/h2-3,6-8,11,13-14H,4-5,9-10H2,1H3/t13-,14-/m1/s1. The molecule has 7 heteroatoms. The number of carbonyl (C=O) groups excluding carboxylic acids is 3. The van der Waals surface area contributed by atoms with E-state index in [9.17, 15) is 14.4 Å². The minimum Gasteiger partial charge on any atom is -0.497 e. The predicted octanol–water partition coefficient (Wildman–Crippen LogP) is 2.23. The van der Waals surface area contributed by atoms with Gasteiger partial charge in [-0.25, -0.2) is 0 Å². The zero-order chi connectivity index (χ0) is 18.4. The number of benzene rings is 1. The van der Waals surface area contributed by atoms with E-state index >= 15 is 0 Å². The van der Waals surface area contributed by atoms with Gasteiger partial charge >= 0.3 is 0 Å². The number of halogens is 1. The third-order valence-corrected chi connectivity index (χ3v) is 6.15. The van der Waals surface area contributed by atoms with E-state index in [2.05, 4.69) is 15.9 Å². The lowest BCUT2D eigenvalue weighted by Crippen LogP contribution is -2.62. The molecule has 1 aliphatic carbocycles. The van der Waals surface area contributed by atoms with E-state index in [1.807, 2.05) is 12.2 Å². The van der Waals surface area contributed by atoms with Gasteiger partial charge in [0.2, 0.25) is 11.8 Å². The number of nitrogens with zero attached hydrogens (tertiary/aromatic N) is 2. The monoisotopic (exact) mass is 418 g/mol. The molecule has 0 aromatic heterocycles. The molecule has 1 aromatic rings. The first-order valence-electron chi connectivity index (χ1n) is 8.66. The Labute approximate surface area is 159 Å². The number of carbonyl (C=O) groups is 3. The van der Waals surface area contributed by atoms with Gasteiger partial charge in [-0.15, -0.1) is 0 Å². The summed E-state index contributed by atoms with van der Waals surface area (Å²) in [5.41, 5.74) is 0.514. The van der Waals surface area contributed by atoms with Crippen molar-refractivity contribution in [1.29, 1.82) is 0 Å². The van der Waals surface area contributed by atoms with Crippen LogP contribution in [-0.4, -0.2) is 53.8 Å². The van der Waals surface area contributed by atoms with Crippen molar-refractivity contribution in [2.45, 2.75) is 18.9 Å². The summed E-state index contributed by atoms with van der Waals surface area (Å²) in [5, 5.41) is 0. The van der Waals surface area contributed by atoms with Crippen LogP contribution in [0.25, 0.3) is 0 Å². The molecule has 6 nitrogen and oxygen atoms in total. The number of amides is 3. The van der Waals surface area contributed by atoms with Crippen LogP contribution in [-0.2, 0) is 9.59 Å². The number of fused-ring (bicyclic) bond motifs is 1. The van der Waals surface area contributed by atoms with E-state index < -0.39 is 0 Å². The Balaban J connectivity index is 1.45. The highest BCUT2D eigenvalue weighted by Gasteiger charge is 2.52. The molecule has 2 saturated heterocycles. The van der Waals surface area contributed by atoms with E-state index in [1.54, 1.807) is 30.2 Å². The van der Waals surface area contributed by atoms with Gasteiger partial charge in [-0.05, 0) is 47.0 Å². The first-order chi connectivity index (χ1) is 12.5. The number of allylic oxidation sites excluding steroid dienone is 2. The second-order valence-corrected chi connectivity index (χ2v) is 7.77. The largest absolute Gasteiger partial charge is 0.497 e. The third kappa shape index (κ3) is 2.65. The highest BCUT2D eigenvalue weighted by atomic mass is 79.9. The van der Waals surface area contributed by atoms with E-state index in [4.69, 9.17) is 4.74 Å². The Morgan fingerprint density at radius 1 is 1.12 bits per heavy atom. The van der Waals surface area contributed by atoms with Crippen LogP contribution < -0.4 is 4.74 Å². The van der Waals surface area contributed by atoms with Gasteiger partial charge in [0.15, 0.2) is 0 Å². The maximum atomic E-state index is 12.7. The number of ether oxygens (including phenoxy) is 1. The van der Waals surface area contributed by atoms with E-state index in [-0.39, 0.29) is 35.6 Å². The minimum absolute atomic E-state index is 0.0796. The molecule has 2 fully saturated rings. The van der Waals surface area contributed by atoms with Crippen molar-refractivity contribution < 1.29 is 19.1 Å². The predicted molar refractivity (Wildman–Crippen MR) is 97.6 cm³/mol. The molecule has 0 spiro atoms. The Morgan fingerprint density at radius 2 is 1.73 bits per heavy atom. The lowest BCUT2D eigenvalue weighted by Gasteiger charge is -2.43. The first kappa shape index (κ1) is 17.3. The van der Waals surface area contributed by atoms with Crippen molar-refractivity contribution >= 4 is 33.7 Å². The van der Waals surface area contributed by atoms with Crippen LogP contribution >= 0.6 is 15.9 Å². The molecule has 0 radical (unpaired) electrons. The van der Waals surface area contributed by atoms with E-state index in [1.165, 1.54) is 4.90 Å². The molecule has 26 heavy (non-hydrogen) atoms. The normalized spacial score (nSPS) is 25.3. The van der Waals surface area contributed by atoms with Crippen molar-refractivity contribution in [3.63, 3.8) is 0 Å². The Bertz CT molecular complexity index is 790. The maximum absolute atomic E-state index is 12.7. The molecule has 2 aliphatic heterocycles. The fraction of sp³-hybridized carbons (Fsp3) is 0.421. The molecule has 3 amide bonds.